The molecule has 11 nitrogen and oxygen atoms in total. The van der Waals surface area contributed by atoms with E-state index in [0.717, 1.165) is 4.88 Å². The van der Waals surface area contributed by atoms with E-state index < -0.39 is 52.0 Å². The molecule has 0 spiro atoms. The Morgan fingerprint density at radius 1 is 1.20 bits per heavy atom. The van der Waals surface area contributed by atoms with Crippen molar-refractivity contribution in [3.8, 4) is 5.75 Å². The van der Waals surface area contributed by atoms with Crippen LogP contribution in [0.25, 0.3) is 0 Å². The second-order valence-corrected chi connectivity index (χ2v) is 10.8. The summed E-state index contributed by atoms with van der Waals surface area (Å²) in [6, 6.07) is 9.01. The van der Waals surface area contributed by atoms with E-state index in [0.29, 0.717) is 42.1 Å². The van der Waals surface area contributed by atoms with Crippen LogP contribution in [0.3, 0.4) is 0 Å². The molecule has 0 radical (unpaired) electrons. The number of rotatable bonds is 11. The lowest BCUT2D eigenvalue weighted by Gasteiger charge is -2.23. The van der Waals surface area contributed by atoms with E-state index in [4.69, 9.17) is 20.4 Å². The van der Waals surface area contributed by atoms with Crippen LogP contribution in [-0.2, 0) is 26.3 Å². The number of aliphatic carboxylic acids is 1. The van der Waals surface area contributed by atoms with Crippen LogP contribution in [0.5, 0.6) is 5.75 Å². The van der Waals surface area contributed by atoms with Gasteiger partial charge in [0.2, 0.25) is 0 Å². The number of hydrogen-bond acceptors (Lipinski definition) is 9. The van der Waals surface area contributed by atoms with Gasteiger partial charge in [0.15, 0.2) is 5.78 Å². The van der Waals surface area contributed by atoms with Crippen molar-refractivity contribution in [3.05, 3.63) is 51.7 Å². The molecule has 1 aromatic carbocycles. The first kappa shape index (κ1) is 26.5. The Kier molecular flexibility index (Phi) is 8.38. The zero-order valence-corrected chi connectivity index (χ0v) is 20.2. The van der Waals surface area contributed by atoms with Crippen molar-refractivity contribution in [2.75, 3.05) is 12.3 Å². The molecule has 5 N–H and O–H groups in total. The minimum Gasteiger partial charge on any atom is -0.481 e. The molecule has 35 heavy (non-hydrogen) atoms. The number of nitrogens with two attached hydrogens (primary N) is 1. The molecule has 13 heteroatoms. The number of ketones is 1. The quantitative estimate of drug-likeness (QED) is 0.111. The summed E-state index contributed by atoms with van der Waals surface area (Å²) in [7, 11) is -4.54. The summed E-state index contributed by atoms with van der Waals surface area (Å²) in [5, 5.41) is 16.6. The third kappa shape index (κ3) is 7.42. The first-order valence-corrected chi connectivity index (χ1v) is 13.1. The maximum atomic E-state index is 12.8. The number of carboxylic acid groups (broad SMARTS) is 1. The number of carbonyl (C=O) groups is 3. The largest absolute Gasteiger partial charge is 0.481 e. The van der Waals surface area contributed by atoms with Gasteiger partial charge in [0.25, 0.3) is 10.1 Å². The lowest BCUT2D eigenvalue weighted by Crippen LogP contribution is -2.38. The number of carbonyl (C=O) groups excluding carboxylic acids is 2. The van der Waals surface area contributed by atoms with Crippen LogP contribution in [0.4, 0.5) is 0 Å². The summed E-state index contributed by atoms with van der Waals surface area (Å²) in [6.45, 7) is 0.949. The summed E-state index contributed by atoms with van der Waals surface area (Å²) >= 11 is 1.21. The number of Topliss-reactive ketones (excluding diaryl/α,β-unsaturated/α-hetero) is 1. The van der Waals surface area contributed by atoms with Gasteiger partial charge in [0.05, 0.1) is 17.7 Å². The number of nitrogen functional groups attached to an aromatic ring is 1. The molecule has 1 aliphatic heterocycles. The number of esters is 1. The van der Waals surface area contributed by atoms with Gasteiger partial charge in [-0.15, -0.1) is 11.3 Å². The maximum absolute atomic E-state index is 12.8. The average Bonchev–Trinajstić information content (AvgIpc) is 3.42. The number of nitrogens with zero attached hydrogens (tertiary/aromatic N) is 1. The summed E-state index contributed by atoms with van der Waals surface area (Å²) < 4.78 is 36.5. The van der Waals surface area contributed by atoms with Crippen molar-refractivity contribution in [2.24, 2.45) is 11.7 Å². The number of nitrogens with one attached hydrogen (secondary N) is 1. The first-order valence-electron chi connectivity index (χ1n) is 10.6. The molecule has 188 valence electrons. The fraction of sp³-hybridized carbons (Fsp3) is 0.364. The minimum atomic E-state index is -4.54. The molecule has 2 aromatic rings. The van der Waals surface area contributed by atoms with Crippen LogP contribution in [0.2, 0.25) is 0 Å². The number of thiophene rings is 1. The Labute approximate surface area is 205 Å². The summed E-state index contributed by atoms with van der Waals surface area (Å²) in [4.78, 5) is 39.6. The predicted molar refractivity (Wildman–Crippen MR) is 127 cm³/mol. The SMILES string of the molecule is N=C(N)c1ccc(OC(=O)c2ccc(CN3CCC[C@H]3C(=O)C[C@@H](CS(=O)(=O)O)C(=O)O)s2)cc1. The van der Waals surface area contributed by atoms with Crippen LogP contribution >= 0.6 is 11.3 Å². The predicted octanol–water partition coefficient (Wildman–Crippen LogP) is 1.76. The molecule has 2 atom stereocenters. The molecule has 0 aliphatic carbocycles. The number of ether oxygens (including phenoxy) is 1. The monoisotopic (exact) mass is 523 g/mol. The fourth-order valence-electron chi connectivity index (χ4n) is 3.86. The fourth-order valence-corrected chi connectivity index (χ4v) is 5.54. The van der Waals surface area contributed by atoms with E-state index in [9.17, 15) is 27.9 Å². The number of likely N-dealkylation sites (tertiary alicyclic amines) is 1. The zero-order chi connectivity index (χ0) is 25.8. The smallest absolute Gasteiger partial charge is 0.353 e. The molecule has 1 fully saturated rings. The average molecular weight is 524 g/mol. The highest BCUT2D eigenvalue weighted by Gasteiger charge is 2.35. The van der Waals surface area contributed by atoms with E-state index in [-0.39, 0.29) is 5.84 Å². The highest BCUT2D eigenvalue weighted by Crippen LogP contribution is 2.27. The molecule has 1 aromatic heterocycles. The summed E-state index contributed by atoms with van der Waals surface area (Å²) in [5.74, 6) is -4.75. The standard InChI is InChI=1S/C22H25N3O8S2/c23-20(24)13-3-5-15(6-4-13)33-22(29)19-8-7-16(34-19)11-25-9-1-2-17(25)18(26)10-14(21(27)28)12-35(30,31)32/h3-8,14,17H,1-2,9-12H2,(H3,23,24)(H,27,28)(H,30,31,32)/t14-,17-/m0/s1. The molecule has 3 rings (SSSR count). The number of carboxylic acids is 1. The van der Waals surface area contributed by atoms with Crippen LogP contribution in [-0.4, -0.2) is 64.9 Å². The van der Waals surface area contributed by atoms with Gasteiger partial charge < -0.3 is 15.6 Å². The maximum Gasteiger partial charge on any atom is 0.353 e. The van der Waals surface area contributed by atoms with Crippen LogP contribution in [0, 0.1) is 11.3 Å². The third-order valence-electron chi connectivity index (χ3n) is 5.54. The van der Waals surface area contributed by atoms with Gasteiger partial charge in [0, 0.05) is 23.4 Å². The summed E-state index contributed by atoms with van der Waals surface area (Å²) in [6.07, 6.45) is 0.720. The van der Waals surface area contributed by atoms with Crippen molar-refractivity contribution in [1.29, 1.82) is 5.41 Å². The molecule has 1 saturated heterocycles. The number of benzene rings is 1. The highest BCUT2D eigenvalue weighted by atomic mass is 32.2. The van der Waals surface area contributed by atoms with Gasteiger partial charge in [-0.1, -0.05) is 0 Å². The van der Waals surface area contributed by atoms with Gasteiger partial charge in [-0.2, -0.15) is 8.42 Å². The Balaban J connectivity index is 1.61. The molecule has 0 saturated carbocycles. The lowest BCUT2D eigenvalue weighted by molar-refractivity contribution is -0.143. The first-order chi connectivity index (χ1) is 16.4. The molecule has 0 bridgehead atoms. The molecule has 0 unspecified atom stereocenters. The van der Waals surface area contributed by atoms with Gasteiger partial charge >= 0.3 is 11.9 Å². The van der Waals surface area contributed by atoms with Crippen LogP contribution < -0.4 is 10.5 Å². The van der Waals surface area contributed by atoms with Crippen molar-refractivity contribution >= 4 is 45.0 Å². The third-order valence-corrected chi connectivity index (χ3v) is 7.42. The van der Waals surface area contributed by atoms with Gasteiger partial charge in [-0.3, -0.25) is 24.5 Å². The van der Waals surface area contributed by atoms with Gasteiger partial charge in [-0.05, 0) is 55.8 Å². The molecule has 1 aliphatic rings. The number of hydrogen-bond donors (Lipinski definition) is 4. The zero-order valence-electron chi connectivity index (χ0n) is 18.5. The summed E-state index contributed by atoms with van der Waals surface area (Å²) in [5.41, 5.74) is 5.91. The van der Waals surface area contributed by atoms with Gasteiger partial charge in [0.1, 0.15) is 16.5 Å². The van der Waals surface area contributed by atoms with Crippen LogP contribution in [0.1, 0.15) is 39.4 Å². The second kappa shape index (κ2) is 11.1. The van der Waals surface area contributed by atoms with Gasteiger partial charge in [-0.25, -0.2) is 4.79 Å². The van der Waals surface area contributed by atoms with E-state index in [1.165, 1.54) is 23.5 Å². The van der Waals surface area contributed by atoms with E-state index >= 15 is 0 Å². The van der Waals surface area contributed by atoms with Crippen molar-refractivity contribution < 1.29 is 37.2 Å². The number of amidine groups is 1. The Morgan fingerprint density at radius 3 is 2.49 bits per heavy atom. The molecule has 2 heterocycles. The minimum absolute atomic E-state index is 0.0959. The topological polar surface area (TPSA) is 188 Å². The Hall–Kier alpha value is -3.13. The molecule has 0 amide bonds. The van der Waals surface area contributed by atoms with E-state index in [2.05, 4.69) is 0 Å². The molecular formula is C22H25N3O8S2. The Morgan fingerprint density at radius 2 is 1.89 bits per heavy atom. The van der Waals surface area contributed by atoms with Crippen molar-refractivity contribution in [3.63, 3.8) is 0 Å². The molecular weight excluding hydrogens is 498 g/mol. The lowest BCUT2D eigenvalue weighted by atomic mass is 9.98. The van der Waals surface area contributed by atoms with E-state index in [1.54, 1.807) is 24.3 Å². The van der Waals surface area contributed by atoms with E-state index in [1.807, 2.05) is 4.90 Å². The van der Waals surface area contributed by atoms with Crippen molar-refractivity contribution in [1.82, 2.24) is 4.90 Å². The van der Waals surface area contributed by atoms with Crippen LogP contribution in [0.15, 0.2) is 36.4 Å². The van der Waals surface area contributed by atoms with Crippen molar-refractivity contribution in [2.45, 2.75) is 31.8 Å². The highest BCUT2D eigenvalue weighted by molar-refractivity contribution is 7.85. The second-order valence-electron chi connectivity index (χ2n) is 8.18. The Bertz CT molecular complexity index is 1220. The normalized spacial score (nSPS) is 17.1.